The molecule has 3 aromatic rings. The molecular weight excluding hydrogens is 514 g/mol. The third kappa shape index (κ3) is 6.54. The second-order valence-corrected chi connectivity index (χ2v) is 11.3. The van der Waals surface area contributed by atoms with Gasteiger partial charge in [0.25, 0.3) is 11.6 Å². The Bertz CT molecular complexity index is 1460. The van der Waals surface area contributed by atoms with Crippen molar-refractivity contribution in [3.8, 4) is 11.6 Å². The van der Waals surface area contributed by atoms with Gasteiger partial charge in [-0.15, -0.1) is 0 Å². The maximum absolute atomic E-state index is 13.1. The summed E-state index contributed by atoms with van der Waals surface area (Å²) in [6.45, 7) is 9.10. The van der Waals surface area contributed by atoms with Crippen molar-refractivity contribution >= 4 is 27.3 Å². The molecule has 204 valence electrons. The van der Waals surface area contributed by atoms with E-state index >= 15 is 0 Å². The number of nitrogens with zero attached hydrogens (tertiary/aromatic N) is 3. The van der Waals surface area contributed by atoms with Crippen LogP contribution in [0, 0.1) is 24.0 Å². The molecule has 0 saturated heterocycles. The highest BCUT2D eigenvalue weighted by Gasteiger charge is 2.30. The number of benzene rings is 2. The molecule has 0 radical (unpaired) electrons. The Morgan fingerprint density at radius 3 is 2.47 bits per heavy atom. The van der Waals surface area contributed by atoms with Gasteiger partial charge in [-0.1, -0.05) is 12.1 Å². The second-order valence-electron chi connectivity index (χ2n) is 9.57. The largest absolute Gasteiger partial charge is 0.438 e. The number of carbonyl (C=O) groups is 1. The van der Waals surface area contributed by atoms with Crippen LogP contribution in [0.25, 0.3) is 0 Å². The monoisotopic (exact) mass is 545 g/mol. The SMILES string of the molecule is COCCNS(=O)(=O)c1cc([N+](=O)[O-])ccc1Oc1c(C)c(C(=O)Nc2cccc(C)c2)nn1C(C)(C)C. The first-order valence-electron chi connectivity index (χ1n) is 11.7. The van der Waals surface area contributed by atoms with Gasteiger partial charge in [-0.05, 0) is 58.4 Å². The van der Waals surface area contributed by atoms with E-state index in [0.29, 0.717) is 11.3 Å². The van der Waals surface area contributed by atoms with Gasteiger partial charge in [-0.25, -0.2) is 17.8 Å². The fourth-order valence-electron chi connectivity index (χ4n) is 3.55. The van der Waals surface area contributed by atoms with Crippen LogP contribution in [0.5, 0.6) is 11.6 Å². The molecule has 1 amide bonds. The summed E-state index contributed by atoms with van der Waals surface area (Å²) in [6.07, 6.45) is 0. The van der Waals surface area contributed by atoms with Gasteiger partial charge in [-0.3, -0.25) is 14.9 Å². The van der Waals surface area contributed by atoms with E-state index in [1.807, 2.05) is 45.9 Å². The van der Waals surface area contributed by atoms with E-state index in [9.17, 15) is 23.3 Å². The summed E-state index contributed by atoms with van der Waals surface area (Å²) < 4.78 is 40.9. The molecule has 2 aromatic carbocycles. The van der Waals surface area contributed by atoms with Crippen molar-refractivity contribution in [2.75, 3.05) is 25.6 Å². The molecule has 2 N–H and O–H groups in total. The molecule has 0 spiro atoms. The summed E-state index contributed by atoms with van der Waals surface area (Å²) >= 11 is 0. The quantitative estimate of drug-likeness (QED) is 0.219. The molecule has 13 heteroatoms. The number of methoxy groups -OCH3 is 1. The number of nitro groups is 1. The fraction of sp³-hybridized carbons (Fsp3) is 0.360. The van der Waals surface area contributed by atoms with Crippen molar-refractivity contribution in [1.82, 2.24) is 14.5 Å². The maximum Gasteiger partial charge on any atom is 0.276 e. The van der Waals surface area contributed by atoms with E-state index in [0.717, 1.165) is 17.7 Å². The van der Waals surface area contributed by atoms with Gasteiger partial charge in [0, 0.05) is 37.0 Å². The number of hydrogen-bond acceptors (Lipinski definition) is 8. The Kier molecular flexibility index (Phi) is 8.54. The first kappa shape index (κ1) is 28.8. The molecule has 0 aliphatic heterocycles. The first-order valence-corrected chi connectivity index (χ1v) is 13.2. The molecule has 12 nitrogen and oxygen atoms in total. The molecule has 0 atom stereocenters. The van der Waals surface area contributed by atoms with Crippen molar-refractivity contribution in [2.45, 2.75) is 45.1 Å². The summed E-state index contributed by atoms with van der Waals surface area (Å²) in [5.74, 6) is -0.521. The number of carbonyl (C=O) groups excluding carboxylic acids is 1. The molecule has 1 aromatic heterocycles. The summed E-state index contributed by atoms with van der Waals surface area (Å²) in [4.78, 5) is 23.4. The number of nitro benzene ring substituents is 1. The predicted molar refractivity (Wildman–Crippen MR) is 141 cm³/mol. The molecule has 0 fully saturated rings. The van der Waals surface area contributed by atoms with Crippen molar-refractivity contribution in [3.63, 3.8) is 0 Å². The van der Waals surface area contributed by atoms with Gasteiger partial charge >= 0.3 is 0 Å². The van der Waals surface area contributed by atoms with E-state index in [1.165, 1.54) is 17.9 Å². The van der Waals surface area contributed by atoms with Crippen molar-refractivity contribution in [2.24, 2.45) is 0 Å². The predicted octanol–water partition coefficient (Wildman–Crippen LogP) is 4.13. The van der Waals surface area contributed by atoms with E-state index in [-0.39, 0.29) is 30.5 Å². The van der Waals surface area contributed by atoms with Crippen LogP contribution >= 0.6 is 0 Å². The molecule has 0 aliphatic carbocycles. The summed E-state index contributed by atoms with van der Waals surface area (Å²) in [5, 5.41) is 18.7. The lowest BCUT2D eigenvalue weighted by Crippen LogP contribution is -2.28. The normalized spacial score (nSPS) is 11.8. The topological polar surface area (TPSA) is 155 Å². The third-order valence-corrected chi connectivity index (χ3v) is 6.91. The Morgan fingerprint density at radius 2 is 1.87 bits per heavy atom. The molecule has 1 heterocycles. The van der Waals surface area contributed by atoms with Gasteiger partial charge in [0.2, 0.25) is 15.9 Å². The van der Waals surface area contributed by atoms with E-state index < -0.39 is 37.0 Å². The molecule has 38 heavy (non-hydrogen) atoms. The highest BCUT2D eigenvalue weighted by Crippen LogP contribution is 2.36. The number of aromatic nitrogens is 2. The maximum atomic E-state index is 13.1. The van der Waals surface area contributed by atoms with Crippen molar-refractivity contribution < 1.29 is 27.6 Å². The number of nitrogens with one attached hydrogen (secondary N) is 2. The zero-order chi connectivity index (χ0) is 28.3. The van der Waals surface area contributed by atoms with Crippen LogP contribution in [-0.2, 0) is 20.3 Å². The molecule has 0 unspecified atom stereocenters. The number of rotatable bonds is 10. The van der Waals surface area contributed by atoms with Gasteiger partial charge in [0.05, 0.1) is 17.1 Å². The second kappa shape index (κ2) is 11.3. The zero-order valence-corrected chi connectivity index (χ0v) is 22.9. The Morgan fingerprint density at radius 1 is 1.16 bits per heavy atom. The van der Waals surface area contributed by atoms with Crippen LogP contribution < -0.4 is 14.8 Å². The van der Waals surface area contributed by atoms with Gasteiger partial charge < -0.3 is 14.8 Å². The number of non-ortho nitro benzene ring substituents is 1. The molecule has 3 rings (SSSR count). The lowest BCUT2D eigenvalue weighted by molar-refractivity contribution is -0.385. The van der Waals surface area contributed by atoms with Crippen molar-refractivity contribution in [3.05, 3.63) is 69.4 Å². The standard InChI is InChI=1S/C25H31N5O7S/c1-16-8-7-9-18(14-16)27-23(31)22-17(2)24(29(28-22)25(3,4)5)37-20-11-10-19(30(32)33)15-21(20)38(34,35)26-12-13-36-6/h7-11,14-15,26H,12-13H2,1-6H3,(H,27,31). The van der Waals surface area contributed by atoms with Gasteiger partial charge in [0.15, 0.2) is 5.69 Å². The smallest absolute Gasteiger partial charge is 0.276 e. The van der Waals surface area contributed by atoms with Crippen molar-refractivity contribution in [1.29, 1.82) is 0 Å². The Hall–Kier alpha value is -3.81. The highest BCUT2D eigenvalue weighted by molar-refractivity contribution is 7.89. The van der Waals surface area contributed by atoms with E-state index in [2.05, 4.69) is 15.1 Å². The number of ether oxygens (including phenoxy) is 2. The summed E-state index contributed by atoms with van der Waals surface area (Å²) in [5.41, 5.74) is 0.907. The number of amides is 1. The highest BCUT2D eigenvalue weighted by atomic mass is 32.2. The third-order valence-electron chi connectivity index (χ3n) is 5.43. The number of sulfonamides is 1. The zero-order valence-electron chi connectivity index (χ0n) is 22.1. The van der Waals surface area contributed by atoms with Gasteiger partial charge in [-0.2, -0.15) is 5.10 Å². The Balaban J connectivity index is 2.09. The number of hydrogen-bond donors (Lipinski definition) is 2. The van der Waals surface area contributed by atoms with Crippen LogP contribution in [0.2, 0.25) is 0 Å². The minimum Gasteiger partial charge on any atom is -0.438 e. The molecular formula is C25H31N5O7S. The fourth-order valence-corrected chi connectivity index (χ4v) is 4.71. The summed E-state index contributed by atoms with van der Waals surface area (Å²) in [6, 6.07) is 10.6. The minimum atomic E-state index is -4.22. The molecule has 0 saturated carbocycles. The lowest BCUT2D eigenvalue weighted by atomic mass is 10.1. The van der Waals surface area contributed by atoms with Crippen LogP contribution in [0.15, 0.2) is 47.4 Å². The lowest BCUT2D eigenvalue weighted by Gasteiger charge is -2.22. The first-order chi connectivity index (χ1) is 17.7. The number of anilines is 1. The average Bonchev–Trinajstić information content (AvgIpc) is 3.15. The minimum absolute atomic E-state index is 0.0524. The molecule has 0 bridgehead atoms. The average molecular weight is 546 g/mol. The van der Waals surface area contributed by atoms with Crippen LogP contribution in [0.1, 0.15) is 42.4 Å². The molecule has 0 aliphatic rings. The van der Waals surface area contributed by atoms with Crippen LogP contribution in [0.4, 0.5) is 11.4 Å². The Labute approximate surface area is 221 Å². The number of aryl methyl sites for hydroxylation is 1. The van der Waals surface area contributed by atoms with Crippen LogP contribution in [-0.4, -0.2) is 49.3 Å². The van der Waals surface area contributed by atoms with E-state index in [1.54, 1.807) is 13.0 Å². The summed E-state index contributed by atoms with van der Waals surface area (Å²) in [7, 11) is -2.81. The van der Waals surface area contributed by atoms with Gasteiger partial charge in [0.1, 0.15) is 10.6 Å². The van der Waals surface area contributed by atoms with Crippen LogP contribution in [0.3, 0.4) is 0 Å². The van der Waals surface area contributed by atoms with E-state index in [4.69, 9.17) is 9.47 Å².